The van der Waals surface area contributed by atoms with Crippen molar-refractivity contribution in [2.24, 2.45) is 17.8 Å². The summed E-state index contributed by atoms with van der Waals surface area (Å²) >= 11 is 0. The van der Waals surface area contributed by atoms with Crippen LogP contribution in [0.2, 0.25) is 0 Å². The number of carboxylic acids is 1. The maximum atomic E-state index is 11.7. The molecule has 0 aliphatic heterocycles. The fourth-order valence-corrected chi connectivity index (χ4v) is 7.06. The van der Waals surface area contributed by atoms with Gasteiger partial charge in [-0.3, -0.25) is 0 Å². The molecule has 0 heterocycles. The average Bonchev–Trinajstić information content (AvgIpc) is 2.71. The zero-order chi connectivity index (χ0) is 21.0. The predicted molar refractivity (Wildman–Crippen MR) is 129 cm³/mol. The Balaban J connectivity index is 0.00000272. The molecule has 0 amide bonds. The fourth-order valence-electron chi connectivity index (χ4n) is 7.06. The van der Waals surface area contributed by atoms with Crippen LogP contribution in [-0.2, 0) is 5.41 Å². The van der Waals surface area contributed by atoms with Gasteiger partial charge < -0.3 is 9.84 Å². The van der Waals surface area contributed by atoms with Gasteiger partial charge in [0.25, 0.3) is 0 Å². The smallest absolute Gasteiger partial charge is 0.335 e. The fraction of sp³-hybridized carbons (Fsp3) is 0.741. The molecule has 0 spiro atoms. The lowest BCUT2D eigenvalue weighted by Crippen LogP contribution is -2.48. The van der Waals surface area contributed by atoms with Gasteiger partial charge in [-0.2, -0.15) is 0 Å². The van der Waals surface area contributed by atoms with Crippen LogP contribution in [-0.4, -0.2) is 17.7 Å². The minimum atomic E-state index is -0.824. The van der Waals surface area contributed by atoms with E-state index in [4.69, 9.17) is 4.74 Å². The van der Waals surface area contributed by atoms with Gasteiger partial charge in [-0.25, -0.2) is 4.79 Å². The van der Waals surface area contributed by atoms with Crippen LogP contribution in [0.25, 0.3) is 0 Å². The molecule has 0 unspecified atom stereocenters. The molecule has 4 saturated carbocycles. The molecule has 5 rings (SSSR count). The van der Waals surface area contributed by atoms with Crippen molar-refractivity contribution in [1.29, 1.82) is 0 Å². The summed E-state index contributed by atoms with van der Waals surface area (Å²) in [5.41, 5.74) is 1.79. The Kier molecular flexibility index (Phi) is 8.73. The highest BCUT2D eigenvalue weighted by Crippen LogP contribution is 2.62. The largest absolute Gasteiger partial charge is 0.493 e. The monoisotopic (exact) mass is 448 g/mol. The Labute approximate surface area is 194 Å². The molecule has 31 heavy (non-hydrogen) atoms. The van der Waals surface area contributed by atoms with Crippen LogP contribution in [0.15, 0.2) is 18.2 Å². The Morgan fingerprint density at radius 1 is 0.935 bits per heavy atom. The van der Waals surface area contributed by atoms with Crippen LogP contribution >= 0.6 is 12.4 Å². The van der Waals surface area contributed by atoms with Crippen molar-refractivity contribution in [3.8, 4) is 5.75 Å². The second kappa shape index (κ2) is 11.1. The molecule has 3 nitrogen and oxygen atoms in total. The van der Waals surface area contributed by atoms with Crippen molar-refractivity contribution < 1.29 is 14.6 Å². The first-order valence-corrected chi connectivity index (χ1v) is 12.6. The standard InChI is InChI=1S/C27H40O3.ClH/c1-2-3-4-5-6-7-8-9-12-30-25-11-10-23(26(28)29)16-24(25)27-17-20-13-21(18-27)15-22(14-20)19-27;/h10-11,16,20-22H,2-9,12-15,17-19H2,1H3,(H,28,29);1H. The van der Waals surface area contributed by atoms with Crippen LogP contribution in [0.3, 0.4) is 0 Å². The molecule has 4 aliphatic rings. The minimum absolute atomic E-state index is 0. The number of carbonyl (C=O) groups is 1. The third kappa shape index (κ3) is 5.78. The molecule has 0 atom stereocenters. The third-order valence-electron chi connectivity index (χ3n) is 8.09. The third-order valence-corrected chi connectivity index (χ3v) is 8.09. The number of ether oxygens (including phenoxy) is 1. The number of hydrogen-bond acceptors (Lipinski definition) is 2. The molecule has 1 N–H and O–H groups in total. The topological polar surface area (TPSA) is 46.5 Å². The predicted octanol–water partition coefficient (Wildman–Crippen LogP) is 7.79. The lowest BCUT2D eigenvalue weighted by Gasteiger charge is -2.57. The van der Waals surface area contributed by atoms with E-state index in [-0.39, 0.29) is 17.8 Å². The van der Waals surface area contributed by atoms with E-state index in [1.807, 2.05) is 12.1 Å². The summed E-state index contributed by atoms with van der Waals surface area (Å²) < 4.78 is 6.31. The Bertz CT molecular complexity index is 694. The van der Waals surface area contributed by atoms with E-state index >= 15 is 0 Å². The van der Waals surface area contributed by atoms with Gasteiger partial charge in [-0.05, 0) is 86.3 Å². The summed E-state index contributed by atoms with van der Waals surface area (Å²) in [6.07, 6.45) is 18.2. The number of hydrogen-bond donors (Lipinski definition) is 1. The van der Waals surface area contributed by atoms with Crippen molar-refractivity contribution >= 4 is 18.4 Å². The first-order chi connectivity index (χ1) is 14.6. The number of aromatic carboxylic acids is 1. The van der Waals surface area contributed by atoms with E-state index < -0.39 is 5.97 Å². The first-order valence-electron chi connectivity index (χ1n) is 12.6. The number of benzene rings is 1. The van der Waals surface area contributed by atoms with Gasteiger partial charge in [0.1, 0.15) is 5.75 Å². The number of rotatable bonds is 12. The van der Waals surface area contributed by atoms with Crippen molar-refractivity contribution in [2.45, 2.75) is 102 Å². The highest BCUT2D eigenvalue weighted by atomic mass is 35.5. The van der Waals surface area contributed by atoms with Gasteiger partial charge in [-0.1, -0.05) is 51.9 Å². The molecule has 0 saturated heterocycles. The van der Waals surface area contributed by atoms with E-state index in [2.05, 4.69) is 6.92 Å². The molecule has 4 aliphatic carbocycles. The Hall–Kier alpha value is -1.22. The SMILES string of the molecule is CCCCCCCCCCOc1ccc(C(=O)O)cc1C12CC3CC(CC(C3)C1)C2.Cl. The quantitative estimate of drug-likeness (QED) is 0.332. The summed E-state index contributed by atoms with van der Waals surface area (Å²) in [5.74, 6) is 2.65. The summed E-state index contributed by atoms with van der Waals surface area (Å²) in [5, 5.41) is 9.59. The van der Waals surface area contributed by atoms with E-state index in [0.717, 1.165) is 36.5 Å². The summed E-state index contributed by atoms with van der Waals surface area (Å²) in [4.78, 5) is 11.7. The zero-order valence-electron chi connectivity index (χ0n) is 19.2. The van der Waals surface area contributed by atoms with E-state index in [1.54, 1.807) is 6.07 Å². The molecule has 0 radical (unpaired) electrons. The molecule has 1 aromatic carbocycles. The summed E-state index contributed by atoms with van der Waals surface area (Å²) in [6.45, 7) is 3.01. The maximum absolute atomic E-state index is 11.7. The van der Waals surface area contributed by atoms with Gasteiger partial charge in [0.15, 0.2) is 0 Å². The maximum Gasteiger partial charge on any atom is 0.335 e. The van der Waals surface area contributed by atoms with Crippen LogP contribution in [0, 0.1) is 17.8 Å². The van der Waals surface area contributed by atoms with Crippen LogP contribution in [0.5, 0.6) is 5.75 Å². The van der Waals surface area contributed by atoms with Gasteiger partial charge in [0.05, 0.1) is 12.2 Å². The second-order valence-electron chi connectivity index (χ2n) is 10.5. The molecule has 4 heteroatoms. The van der Waals surface area contributed by atoms with E-state index in [0.29, 0.717) is 5.56 Å². The highest BCUT2D eigenvalue weighted by Gasteiger charge is 2.52. The summed E-state index contributed by atoms with van der Waals surface area (Å²) in [6, 6.07) is 5.63. The van der Waals surface area contributed by atoms with Crippen molar-refractivity contribution in [3.05, 3.63) is 29.3 Å². The molecular weight excluding hydrogens is 408 g/mol. The van der Waals surface area contributed by atoms with Gasteiger partial charge in [0, 0.05) is 5.56 Å². The normalized spacial score (nSPS) is 28.4. The van der Waals surface area contributed by atoms with Gasteiger partial charge >= 0.3 is 5.97 Å². The first kappa shape index (κ1) is 24.4. The lowest BCUT2D eigenvalue weighted by atomic mass is 9.48. The second-order valence-corrected chi connectivity index (χ2v) is 10.5. The Morgan fingerprint density at radius 2 is 1.48 bits per heavy atom. The van der Waals surface area contributed by atoms with Crippen LogP contribution in [0.1, 0.15) is 113 Å². The molecule has 1 aromatic rings. The van der Waals surface area contributed by atoms with Gasteiger partial charge in [0.2, 0.25) is 0 Å². The number of halogens is 1. The van der Waals surface area contributed by atoms with Crippen molar-refractivity contribution in [2.75, 3.05) is 6.61 Å². The minimum Gasteiger partial charge on any atom is -0.493 e. The Morgan fingerprint density at radius 3 is 2.03 bits per heavy atom. The molecule has 4 bridgehead atoms. The number of unbranched alkanes of at least 4 members (excludes halogenated alkanes) is 7. The van der Waals surface area contributed by atoms with Crippen molar-refractivity contribution in [3.63, 3.8) is 0 Å². The summed E-state index contributed by atoms with van der Waals surface area (Å²) in [7, 11) is 0. The van der Waals surface area contributed by atoms with Gasteiger partial charge in [-0.15, -0.1) is 12.4 Å². The molecule has 0 aromatic heterocycles. The zero-order valence-corrected chi connectivity index (χ0v) is 20.1. The van der Waals surface area contributed by atoms with E-state index in [9.17, 15) is 9.90 Å². The molecule has 4 fully saturated rings. The molecular formula is C27H41ClO3. The average molecular weight is 449 g/mol. The van der Waals surface area contributed by atoms with Crippen LogP contribution < -0.4 is 4.74 Å². The van der Waals surface area contributed by atoms with Crippen molar-refractivity contribution in [1.82, 2.24) is 0 Å². The molecule has 174 valence electrons. The lowest BCUT2D eigenvalue weighted by molar-refractivity contribution is -0.00643. The van der Waals surface area contributed by atoms with E-state index in [1.165, 1.54) is 89.0 Å². The van der Waals surface area contributed by atoms with Crippen LogP contribution in [0.4, 0.5) is 0 Å². The number of carboxylic acid groups (broad SMARTS) is 1. The highest BCUT2D eigenvalue weighted by molar-refractivity contribution is 5.88.